The summed E-state index contributed by atoms with van der Waals surface area (Å²) < 4.78 is 30.0. The van der Waals surface area contributed by atoms with E-state index in [0.717, 1.165) is 64.8 Å². The van der Waals surface area contributed by atoms with Crippen LogP contribution in [0.2, 0.25) is 10.0 Å². The van der Waals surface area contributed by atoms with E-state index in [-0.39, 0.29) is 46.7 Å². The standard InChI is InChI=1S/C33H42Cl2N6O6S/c1-4-28-38-30-20(2)16-21(3)36-31(30)40(28)15-11-22-9-13-39(14-10-22)29(42)8-7-26(33(44)45)37-32(43)27-6-5-12-41(27)48(46,47)25-18-23(34)17-24(35)19-25/h16-19,22,26-27H,4-15H2,1-3H3,(H,37,43)(H,44,45)/t26-,27+/m0/s1. The number of fused-ring (bicyclic) bond motifs is 1. The number of imidazole rings is 1. The molecular formula is C33H42Cl2N6O6S. The molecule has 2 amide bonds. The van der Waals surface area contributed by atoms with Crippen molar-refractivity contribution in [2.24, 2.45) is 5.92 Å². The van der Waals surface area contributed by atoms with Crippen LogP contribution in [0.4, 0.5) is 0 Å². The fourth-order valence-electron chi connectivity index (χ4n) is 6.79. The van der Waals surface area contributed by atoms with Gasteiger partial charge in [0.2, 0.25) is 21.8 Å². The van der Waals surface area contributed by atoms with Crippen LogP contribution >= 0.6 is 23.2 Å². The van der Waals surface area contributed by atoms with Gasteiger partial charge >= 0.3 is 5.97 Å². The Bertz CT molecular complexity index is 1790. The Balaban J connectivity index is 1.12. The molecule has 2 aliphatic heterocycles. The van der Waals surface area contributed by atoms with Gasteiger partial charge in [0.25, 0.3) is 0 Å². The first-order valence-corrected chi connectivity index (χ1v) is 18.6. The van der Waals surface area contributed by atoms with E-state index in [4.69, 9.17) is 33.2 Å². The fraction of sp³-hybridized carbons (Fsp3) is 0.545. The predicted octanol–water partition coefficient (Wildman–Crippen LogP) is 4.75. The van der Waals surface area contributed by atoms with Crippen molar-refractivity contribution in [2.45, 2.75) is 95.7 Å². The number of benzene rings is 1. The van der Waals surface area contributed by atoms with Crippen LogP contribution in [0.15, 0.2) is 29.2 Å². The number of pyridine rings is 1. The van der Waals surface area contributed by atoms with Crippen LogP contribution in [0.25, 0.3) is 11.2 Å². The highest BCUT2D eigenvalue weighted by Gasteiger charge is 2.41. The van der Waals surface area contributed by atoms with E-state index in [1.807, 2.05) is 6.92 Å². The zero-order valence-electron chi connectivity index (χ0n) is 27.4. The molecule has 260 valence electrons. The van der Waals surface area contributed by atoms with Crippen molar-refractivity contribution in [1.82, 2.24) is 29.1 Å². The zero-order chi connectivity index (χ0) is 34.7. The first kappa shape index (κ1) is 36.0. The summed E-state index contributed by atoms with van der Waals surface area (Å²) in [4.78, 5) is 49.6. The first-order valence-electron chi connectivity index (χ1n) is 16.4. The number of carboxylic acids is 1. The Morgan fingerprint density at radius 2 is 1.71 bits per heavy atom. The van der Waals surface area contributed by atoms with Crippen LogP contribution in [0, 0.1) is 19.8 Å². The summed E-state index contributed by atoms with van der Waals surface area (Å²) in [5.41, 5.74) is 3.95. The van der Waals surface area contributed by atoms with E-state index in [9.17, 15) is 27.9 Å². The van der Waals surface area contributed by atoms with E-state index in [2.05, 4.69) is 29.8 Å². The van der Waals surface area contributed by atoms with E-state index >= 15 is 0 Å². The van der Waals surface area contributed by atoms with Crippen molar-refractivity contribution >= 4 is 62.2 Å². The number of amides is 2. The monoisotopic (exact) mass is 720 g/mol. The minimum atomic E-state index is -4.13. The molecule has 0 unspecified atom stereocenters. The van der Waals surface area contributed by atoms with Gasteiger partial charge in [0.05, 0.1) is 4.90 Å². The second-order valence-electron chi connectivity index (χ2n) is 12.7. The van der Waals surface area contributed by atoms with Crippen molar-refractivity contribution in [1.29, 1.82) is 0 Å². The molecule has 0 spiro atoms. The molecule has 2 atom stereocenters. The van der Waals surface area contributed by atoms with Crippen molar-refractivity contribution < 1.29 is 27.9 Å². The highest BCUT2D eigenvalue weighted by molar-refractivity contribution is 7.89. The molecule has 0 saturated carbocycles. The maximum absolute atomic E-state index is 13.3. The topological polar surface area (TPSA) is 155 Å². The highest BCUT2D eigenvalue weighted by atomic mass is 35.5. The minimum absolute atomic E-state index is 0.0547. The third-order valence-corrected chi connectivity index (χ3v) is 11.7. The van der Waals surface area contributed by atoms with E-state index in [1.165, 1.54) is 18.2 Å². The van der Waals surface area contributed by atoms with Gasteiger partial charge < -0.3 is 19.9 Å². The van der Waals surface area contributed by atoms with Gasteiger partial charge in [-0.05, 0) is 88.1 Å². The molecule has 0 bridgehead atoms. The van der Waals surface area contributed by atoms with Gasteiger partial charge in [0.15, 0.2) is 5.65 Å². The maximum Gasteiger partial charge on any atom is 0.326 e. The van der Waals surface area contributed by atoms with Crippen molar-refractivity contribution in [2.75, 3.05) is 19.6 Å². The number of sulfonamides is 1. The van der Waals surface area contributed by atoms with Gasteiger partial charge in [-0.3, -0.25) is 9.59 Å². The van der Waals surface area contributed by atoms with E-state index in [1.54, 1.807) is 4.90 Å². The average Bonchev–Trinajstić information content (AvgIpc) is 3.67. The molecule has 48 heavy (non-hydrogen) atoms. The van der Waals surface area contributed by atoms with Crippen LogP contribution in [-0.4, -0.2) is 86.8 Å². The third-order valence-electron chi connectivity index (χ3n) is 9.36. The maximum atomic E-state index is 13.3. The summed E-state index contributed by atoms with van der Waals surface area (Å²) in [7, 11) is -4.13. The Morgan fingerprint density at radius 3 is 2.35 bits per heavy atom. The predicted molar refractivity (Wildman–Crippen MR) is 182 cm³/mol. The molecule has 2 N–H and O–H groups in total. The molecule has 2 fully saturated rings. The number of carboxylic acid groups (broad SMARTS) is 1. The van der Waals surface area contributed by atoms with Gasteiger partial charge in [-0.1, -0.05) is 30.1 Å². The van der Waals surface area contributed by atoms with Gasteiger partial charge in [0, 0.05) is 54.8 Å². The number of halogens is 2. The number of carbonyl (C=O) groups excluding carboxylic acids is 2. The molecule has 0 radical (unpaired) electrons. The Labute approximate surface area is 290 Å². The number of aryl methyl sites for hydroxylation is 4. The lowest BCUT2D eigenvalue weighted by Gasteiger charge is -2.32. The van der Waals surface area contributed by atoms with Crippen molar-refractivity contribution in [3.63, 3.8) is 0 Å². The summed E-state index contributed by atoms with van der Waals surface area (Å²) in [6.07, 6.45) is 3.93. The second-order valence-corrected chi connectivity index (χ2v) is 15.5. The molecule has 5 rings (SSSR count). The SMILES string of the molecule is CCc1nc2c(C)cc(C)nc2n1CCC1CCN(C(=O)CC[C@H](NC(=O)[C@H]2CCCN2S(=O)(=O)c2cc(Cl)cc(Cl)c2)C(=O)O)CC1. The summed E-state index contributed by atoms with van der Waals surface area (Å²) in [6, 6.07) is 3.53. The van der Waals surface area contributed by atoms with Crippen LogP contribution in [0.1, 0.15) is 69.0 Å². The van der Waals surface area contributed by atoms with Crippen LogP contribution in [-0.2, 0) is 37.4 Å². The lowest BCUT2D eigenvalue weighted by Crippen LogP contribution is -2.51. The fourth-order valence-corrected chi connectivity index (χ4v) is 9.17. The molecule has 2 aromatic heterocycles. The van der Waals surface area contributed by atoms with Gasteiger partial charge in [0.1, 0.15) is 23.4 Å². The molecule has 12 nitrogen and oxygen atoms in total. The number of hydrogen-bond acceptors (Lipinski definition) is 7. The molecule has 1 aromatic carbocycles. The normalized spacial score (nSPS) is 18.4. The van der Waals surface area contributed by atoms with E-state index < -0.39 is 34.0 Å². The van der Waals surface area contributed by atoms with Crippen molar-refractivity contribution in [3.8, 4) is 0 Å². The lowest BCUT2D eigenvalue weighted by atomic mass is 9.93. The second kappa shape index (κ2) is 15.1. The van der Waals surface area contributed by atoms with Crippen LogP contribution < -0.4 is 5.32 Å². The number of piperidine rings is 1. The van der Waals surface area contributed by atoms with Crippen LogP contribution in [0.5, 0.6) is 0 Å². The minimum Gasteiger partial charge on any atom is -0.480 e. The summed E-state index contributed by atoms with van der Waals surface area (Å²) in [5.74, 6) is -0.723. The number of rotatable bonds is 12. The lowest BCUT2D eigenvalue weighted by molar-refractivity contribution is -0.143. The first-order chi connectivity index (χ1) is 22.8. The summed E-state index contributed by atoms with van der Waals surface area (Å²) in [5, 5.41) is 12.6. The number of likely N-dealkylation sites (tertiary alicyclic amines) is 1. The Kier molecular flexibility index (Phi) is 11.3. The Hall–Kier alpha value is -3.26. The quantitative estimate of drug-likeness (QED) is 0.272. The summed E-state index contributed by atoms with van der Waals surface area (Å²) >= 11 is 12.0. The molecule has 3 aromatic rings. The van der Waals surface area contributed by atoms with Crippen molar-refractivity contribution in [3.05, 3.63) is 51.4 Å². The van der Waals surface area contributed by atoms with E-state index in [0.29, 0.717) is 25.4 Å². The number of nitrogens with zero attached hydrogens (tertiary/aromatic N) is 5. The van der Waals surface area contributed by atoms with Gasteiger partial charge in [-0.15, -0.1) is 0 Å². The smallest absolute Gasteiger partial charge is 0.326 e. The average molecular weight is 722 g/mol. The number of carbonyl (C=O) groups is 3. The number of nitrogens with one attached hydrogen (secondary N) is 1. The number of hydrogen-bond donors (Lipinski definition) is 2. The van der Waals surface area contributed by atoms with Gasteiger partial charge in [-0.25, -0.2) is 23.2 Å². The van der Waals surface area contributed by atoms with Crippen LogP contribution in [0.3, 0.4) is 0 Å². The zero-order valence-corrected chi connectivity index (χ0v) is 29.7. The molecule has 2 saturated heterocycles. The molecular weight excluding hydrogens is 679 g/mol. The summed E-state index contributed by atoms with van der Waals surface area (Å²) in [6.45, 7) is 8.20. The largest absolute Gasteiger partial charge is 0.480 e. The van der Waals surface area contributed by atoms with Gasteiger partial charge in [-0.2, -0.15) is 4.31 Å². The molecule has 0 aliphatic carbocycles. The third kappa shape index (κ3) is 7.96. The number of aromatic nitrogens is 3. The Morgan fingerprint density at radius 1 is 1.02 bits per heavy atom. The molecule has 4 heterocycles. The molecule has 15 heteroatoms. The number of aliphatic carboxylic acids is 1. The highest BCUT2D eigenvalue weighted by Crippen LogP contribution is 2.30. The molecule has 2 aliphatic rings.